The number of aliphatic imine (C=N–C) groups is 1. The second-order valence-corrected chi connectivity index (χ2v) is 8.56. The van der Waals surface area contributed by atoms with Gasteiger partial charge in [0.2, 0.25) is 5.91 Å². The Morgan fingerprint density at radius 3 is 2.59 bits per heavy atom. The molecule has 0 atom stereocenters. The minimum atomic E-state index is -0.00389. The van der Waals surface area contributed by atoms with Crippen LogP contribution in [0.5, 0.6) is 0 Å². The lowest BCUT2D eigenvalue weighted by Crippen LogP contribution is -2.43. The first-order valence-corrected chi connectivity index (χ1v) is 11.2. The number of para-hydroxylation sites is 1. The highest BCUT2D eigenvalue weighted by Gasteiger charge is 2.10. The van der Waals surface area contributed by atoms with Gasteiger partial charge in [0.15, 0.2) is 5.96 Å². The summed E-state index contributed by atoms with van der Waals surface area (Å²) in [5.41, 5.74) is 4.14. The fraction of sp³-hybridized carbons (Fsp3) is 0.348. The average Bonchev–Trinajstić information content (AvgIpc) is 3.38. The number of carbonyl (C=O) groups is 1. The number of hydrogen-bond donors (Lipinski definition) is 2. The third kappa shape index (κ3) is 7.33. The van der Waals surface area contributed by atoms with Crippen molar-refractivity contribution in [3.63, 3.8) is 0 Å². The van der Waals surface area contributed by atoms with E-state index in [1.54, 1.807) is 30.3 Å². The Hall–Kier alpha value is -2.40. The first kappa shape index (κ1) is 25.9. The molecule has 0 bridgehead atoms. The standard InChI is InChI=1S/C23H30N6OS.HI/c1-17-14-18(2)29(27-17)21-10-6-5-8-19(21)15-25-23(26-16-22(30)28(3)4)24-12-11-20-9-7-13-31-20;/h5-10,13-14H,11-12,15-16H2,1-4H3,(H2,24,25,26);1H. The molecule has 0 aliphatic rings. The molecule has 2 heterocycles. The van der Waals surface area contributed by atoms with Crippen LogP contribution in [0.15, 0.2) is 52.8 Å². The van der Waals surface area contributed by atoms with E-state index in [0.717, 1.165) is 35.6 Å². The molecule has 9 heteroatoms. The molecule has 172 valence electrons. The van der Waals surface area contributed by atoms with E-state index < -0.39 is 0 Å². The number of aromatic nitrogens is 2. The van der Waals surface area contributed by atoms with Gasteiger partial charge < -0.3 is 15.5 Å². The largest absolute Gasteiger partial charge is 0.356 e. The summed E-state index contributed by atoms with van der Waals surface area (Å²) >= 11 is 1.74. The summed E-state index contributed by atoms with van der Waals surface area (Å²) < 4.78 is 1.95. The van der Waals surface area contributed by atoms with Crippen molar-refractivity contribution in [2.45, 2.75) is 26.8 Å². The smallest absolute Gasteiger partial charge is 0.241 e. The molecule has 3 aromatic rings. The number of benzene rings is 1. The molecule has 2 aromatic heterocycles. The predicted octanol–water partition coefficient (Wildman–Crippen LogP) is 3.53. The minimum Gasteiger partial charge on any atom is -0.356 e. The third-order valence-corrected chi connectivity index (χ3v) is 5.72. The zero-order valence-corrected chi connectivity index (χ0v) is 22.1. The summed E-state index contributed by atoms with van der Waals surface area (Å²) in [5, 5.41) is 13.2. The molecule has 0 unspecified atom stereocenters. The molecule has 2 N–H and O–H groups in total. The van der Waals surface area contributed by atoms with Crippen LogP contribution in [0.4, 0.5) is 0 Å². The van der Waals surface area contributed by atoms with Crippen molar-refractivity contribution in [1.82, 2.24) is 25.3 Å². The lowest BCUT2D eigenvalue weighted by molar-refractivity contribution is -0.127. The molecule has 0 aliphatic heterocycles. The van der Waals surface area contributed by atoms with Crippen LogP contribution in [0.2, 0.25) is 0 Å². The summed E-state index contributed by atoms with van der Waals surface area (Å²) in [6.45, 7) is 5.44. The van der Waals surface area contributed by atoms with Crippen LogP contribution in [0.1, 0.15) is 21.8 Å². The van der Waals surface area contributed by atoms with Crippen molar-refractivity contribution in [1.29, 1.82) is 0 Å². The molecule has 1 amide bonds. The normalized spacial score (nSPS) is 11.1. The Labute approximate surface area is 211 Å². The van der Waals surface area contributed by atoms with E-state index in [1.807, 2.05) is 30.7 Å². The Bertz CT molecular complexity index is 1030. The Morgan fingerprint density at radius 2 is 1.94 bits per heavy atom. The van der Waals surface area contributed by atoms with Crippen LogP contribution >= 0.6 is 35.3 Å². The fourth-order valence-electron chi connectivity index (χ4n) is 3.14. The maximum Gasteiger partial charge on any atom is 0.241 e. The summed E-state index contributed by atoms with van der Waals surface area (Å²) in [6.07, 6.45) is 0.905. The number of halogens is 1. The van der Waals surface area contributed by atoms with Crippen LogP contribution in [0.3, 0.4) is 0 Å². The second kappa shape index (κ2) is 12.6. The monoisotopic (exact) mass is 566 g/mol. The van der Waals surface area contributed by atoms with Gasteiger partial charge >= 0.3 is 0 Å². The van der Waals surface area contributed by atoms with Crippen molar-refractivity contribution in [3.05, 3.63) is 69.7 Å². The van der Waals surface area contributed by atoms with Crippen LogP contribution in [-0.2, 0) is 17.8 Å². The number of hydrogen-bond acceptors (Lipinski definition) is 4. The molecule has 3 rings (SSSR count). The summed E-state index contributed by atoms with van der Waals surface area (Å²) in [6, 6.07) is 14.4. The maximum atomic E-state index is 12.0. The third-order valence-electron chi connectivity index (χ3n) is 4.79. The second-order valence-electron chi connectivity index (χ2n) is 7.53. The molecule has 0 fully saturated rings. The molecule has 32 heavy (non-hydrogen) atoms. The van der Waals surface area contributed by atoms with E-state index in [0.29, 0.717) is 12.5 Å². The predicted molar refractivity (Wildman–Crippen MR) is 142 cm³/mol. The van der Waals surface area contributed by atoms with Crippen LogP contribution < -0.4 is 10.6 Å². The first-order chi connectivity index (χ1) is 14.9. The van der Waals surface area contributed by atoms with Crippen molar-refractivity contribution in [3.8, 4) is 5.69 Å². The van der Waals surface area contributed by atoms with Gasteiger partial charge in [-0.25, -0.2) is 9.67 Å². The molecule has 0 saturated carbocycles. The Kier molecular flexibility index (Phi) is 10.2. The minimum absolute atomic E-state index is 0. The van der Waals surface area contributed by atoms with Gasteiger partial charge in [-0.3, -0.25) is 4.79 Å². The number of carbonyl (C=O) groups excluding carboxylic acids is 1. The van der Waals surface area contributed by atoms with Gasteiger partial charge in [-0.1, -0.05) is 24.3 Å². The number of guanidine groups is 1. The van der Waals surface area contributed by atoms with Crippen molar-refractivity contribution in [2.75, 3.05) is 27.2 Å². The maximum absolute atomic E-state index is 12.0. The zero-order valence-electron chi connectivity index (χ0n) is 19.0. The van der Waals surface area contributed by atoms with Gasteiger partial charge in [0.1, 0.15) is 0 Å². The van der Waals surface area contributed by atoms with E-state index in [-0.39, 0.29) is 36.4 Å². The van der Waals surface area contributed by atoms with Crippen molar-refractivity contribution in [2.24, 2.45) is 4.99 Å². The van der Waals surface area contributed by atoms with Crippen LogP contribution in [-0.4, -0.2) is 53.7 Å². The average molecular weight is 567 g/mol. The highest BCUT2D eigenvalue weighted by molar-refractivity contribution is 14.0. The van der Waals surface area contributed by atoms with Gasteiger partial charge in [-0.2, -0.15) is 5.10 Å². The highest BCUT2D eigenvalue weighted by Crippen LogP contribution is 2.17. The lowest BCUT2D eigenvalue weighted by Gasteiger charge is -2.15. The summed E-state index contributed by atoms with van der Waals surface area (Å²) in [4.78, 5) is 19.7. The van der Waals surface area contributed by atoms with E-state index in [9.17, 15) is 4.79 Å². The number of amides is 1. The van der Waals surface area contributed by atoms with Crippen LogP contribution in [0, 0.1) is 13.8 Å². The highest BCUT2D eigenvalue weighted by atomic mass is 127. The summed E-state index contributed by atoms with van der Waals surface area (Å²) in [5.74, 6) is 0.616. The number of nitrogens with zero attached hydrogens (tertiary/aromatic N) is 4. The van der Waals surface area contributed by atoms with Crippen LogP contribution in [0.25, 0.3) is 5.69 Å². The molecular formula is C23H31IN6OS. The van der Waals surface area contributed by atoms with Gasteiger partial charge in [0.25, 0.3) is 0 Å². The van der Waals surface area contributed by atoms with E-state index in [2.05, 4.69) is 51.4 Å². The van der Waals surface area contributed by atoms with Gasteiger partial charge in [0, 0.05) is 31.2 Å². The molecule has 0 saturated heterocycles. The number of nitrogens with one attached hydrogen (secondary N) is 2. The van der Waals surface area contributed by atoms with Gasteiger partial charge in [-0.05, 0) is 49.4 Å². The SMILES string of the molecule is Cc1cc(C)n(-c2ccccc2CN=C(NCCc2cccs2)NCC(=O)N(C)C)n1.I. The first-order valence-electron chi connectivity index (χ1n) is 10.3. The molecule has 7 nitrogen and oxygen atoms in total. The lowest BCUT2D eigenvalue weighted by atomic mass is 10.2. The fourth-order valence-corrected chi connectivity index (χ4v) is 3.85. The Morgan fingerprint density at radius 1 is 1.16 bits per heavy atom. The van der Waals surface area contributed by atoms with Gasteiger partial charge in [-0.15, -0.1) is 35.3 Å². The number of rotatable bonds is 8. The van der Waals surface area contributed by atoms with Crippen molar-refractivity contribution < 1.29 is 4.79 Å². The van der Waals surface area contributed by atoms with E-state index in [4.69, 9.17) is 4.99 Å². The number of aryl methyl sites for hydroxylation is 2. The van der Waals surface area contributed by atoms with E-state index in [1.165, 1.54) is 4.88 Å². The number of likely N-dealkylation sites (N-methyl/N-ethyl adjacent to an activating group) is 1. The number of thiophene rings is 1. The molecule has 0 aliphatic carbocycles. The zero-order chi connectivity index (χ0) is 22.2. The molecule has 1 aromatic carbocycles. The van der Waals surface area contributed by atoms with Gasteiger partial charge in [0.05, 0.1) is 24.5 Å². The summed E-state index contributed by atoms with van der Waals surface area (Å²) in [7, 11) is 3.49. The van der Waals surface area contributed by atoms with Crippen molar-refractivity contribution >= 4 is 47.2 Å². The quantitative estimate of drug-likeness (QED) is 0.249. The Balaban J connectivity index is 0.00000363. The molecule has 0 radical (unpaired) electrons. The van der Waals surface area contributed by atoms with E-state index >= 15 is 0 Å². The topological polar surface area (TPSA) is 74.6 Å². The molecule has 0 spiro atoms. The molecular weight excluding hydrogens is 535 g/mol.